The zero-order valence-corrected chi connectivity index (χ0v) is 14.9. The molecule has 3 rings (SSSR count). The zero-order chi connectivity index (χ0) is 17.2. The molecule has 2 aliphatic rings. The van der Waals surface area contributed by atoms with Gasteiger partial charge in [0.05, 0.1) is 5.92 Å². The molecular formula is C21H34F2O. The molecule has 1 nitrogen and oxygen atoms in total. The standard InChI is InChI=1S/C21H30F2O.2H2/c1-15-3-7-17(8-4-15)18-9-11-19(12-10-18)21(22,23)24-20-13-5-16(2)6-14-20;;/h5-6,13-15,17-19H,3-4,7-12H2,1-2H3;2*1H. The summed E-state index contributed by atoms with van der Waals surface area (Å²) in [6, 6.07) is 6.90. The predicted octanol–water partition coefficient (Wildman–Crippen LogP) is 7.09. The van der Waals surface area contributed by atoms with Crippen molar-refractivity contribution in [2.45, 2.75) is 71.3 Å². The summed E-state index contributed by atoms with van der Waals surface area (Å²) >= 11 is 0. The van der Waals surface area contributed by atoms with Gasteiger partial charge in [0, 0.05) is 2.85 Å². The van der Waals surface area contributed by atoms with Gasteiger partial charge in [-0.3, -0.25) is 0 Å². The highest BCUT2D eigenvalue weighted by molar-refractivity contribution is 5.26. The van der Waals surface area contributed by atoms with Crippen LogP contribution in [0.15, 0.2) is 24.3 Å². The van der Waals surface area contributed by atoms with E-state index in [-0.39, 0.29) is 8.60 Å². The first kappa shape index (κ1) is 17.7. The maximum atomic E-state index is 14.5. The highest BCUT2D eigenvalue weighted by Gasteiger charge is 2.44. The van der Waals surface area contributed by atoms with Crippen LogP contribution in [0.2, 0.25) is 0 Å². The second-order valence-corrected chi connectivity index (χ2v) is 8.11. The average molecular weight is 340 g/mol. The summed E-state index contributed by atoms with van der Waals surface area (Å²) in [4.78, 5) is 0. The molecule has 0 heterocycles. The summed E-state index contributed by atoms with van der Waals surface area (Å²) < 4.78 is 34.0. The van der Waals surface area contributed by atoms with E-state index in [1.807, 2.05) is 19.1 Å². The summed E-state index contributed by atoms with van der Waals surface area (Å²) in [7, 11) is 0. The summed E-state index contributed by atoms with van der Waals surface area (Å²) in [5.41, 5.74) is 1.05. The van der Waals surface area contributed by atoms with E-state index >= 15 is 0 Å². The Hall–Kier alpha value is -1.12. The molecule has 2 aliphatic carbocycles. The third-order valence-corrected chi connectivity index (χ3v) is 6.25. The largest absolute Gasteiger partial charge is 0.432 e. The summed E-state index contributed by atoms with van der Waals surface area (Å²) in [6.45, 7) is 4.27. The van der Waals surface area contributed by atoms with E-state index in [9.17, 15) is 8.78 Å². The van der Waals surface area contributed by atoms with Crippen LogP contribution in [0.1, 0.15) is 66.7 Å². The monoisotopic (exact) mass is 340 g/mol. The Kier molecular flexibility index (Phi) is 5.46. The molecule has 2 saturated carbocycles. The van der Waals surface area contributed by atoms with Crippen LogP contribution in [-0.2, 0) is 0 Å². The van der Waals surface area contributed by atoms with E-state index in [1.165, 1.54) is 25.7 Å². The van der Waals surface area contributed by atoms with Crippen molar-refractivity contribution in [1.82, 2.24) is 0 Å². The Morgan fingerprint density at radius 2 is 1.38 bits per heavy atom. The van der Waals surface area contributed by atoms with Gasteiger partial charge in [-0.1, -0.05) is 37.5 Å². The third-order valence-electron chi connectivity index (χ3n) is 6.25. The summed E-state index contributed by atoms with van der Waals surface area (Å²) in [6.07, 6.45) is 5.24. The molecule has 1 aromatic carbocycles. The first-order valence-electron chi connectivity index (χ1n) is 9.57. The molecule has 0 bridgehead atoms. The molecule has 0 aromatic heterocycles. The van der Waals surface area contributed by atoms with Crippen molar-refractivity contribution in [2.24, 2.45) is 23.7 Å². The SMILES string of the molecule is Cc1ccc(OC(F)(F)C2CCC(C3CCC(C)CC3)CC2)cc1.[HH].[HH]. The van der Waals surface area contributed by atoms with E-state index in [0.29, 0.717) is 18.8 Å². The van der Waals surface area contributed by atoms with Gasteiger partial charge in [-0.25, -0.2) is 0 Å². The molecule has 2 fully saturated rings. The lowest BCUT2D eigenvalue weighted by Crippen LogP contribution is -2.38. The molecule has 1 aromatic rings. The van der Waals surface area contributed by atoms with Gasteiger partial charge in [0.15, 0.2) is 0 Å². The first-order chi connectivity index (χ1) is 11.4. The van der Waals surface area contributed by atoms with Crippen LogP contribution >= 0.6 is 0 Å². The Balaban J connectivity index is 0.00000169. The number of ether oxygens (including phenoxy) is 1. The van der Waals surface area contributed by atoms with Crippen molar-refractivity contribution in [3.05, 3.63) is 29.8 Å². The van der Waals surface area contributed by atoms with E-state index in [4.69, 9.17) is 4.74 Å². The lowest BCUT2D eigenvalue weighted by atomic mass is 9.69. The molecule has 0 spiro atoms. The van der Waals surface area contributed by atoms with Gasteiger partial charge in [0.25, 0.3) is 0 Å². The van der Waals surface area contributed by atoms with Gasteiger partial charge in [-0.15, -0.1) is 0 Å². The van der Waals surface area contributed by atoms with Crippen molar-refractivity contribution in [3.8, 4) is 5.75 Å². The van der Waals surface area contributed by atoms with Crippen molar-refractivity contribution in [2.75, 3.05) is 0 Å². The number of benzene rings is 1. The van der Waals surface area contributed by atoms with E-state index in [0.717, 1.165) is 30.2 Å². The van der Waals surface area contributed by atoms with Gasteiger partial charge in [0.1, 0.15) is 5.75 Å². The van der Waals surface area contributed by atoms with Crippen molar-refractivity contribution in [1.29, 1.82) is 0 Å². The topological polar surface area (TPSA) is 9.23 Å². The molecule has 0 atom stereocenters. The van der Waals surface area contributed by atoms with Gasteiger partial charge >= 0.3 is 6.11 Å². The fourth-order valence-corrected chi connectivity index (χ4v) is 4.53. The van der Waals surface area contributed by atoms with Crippen molar-refractivity contribution >= 4 is 0 Å². The quantitative estimate of drug-likeness (QED) is 0.568. The maximum Gasteiger partial charge on any atom is 0.400 e. The zero-order valence-electron chi connectivity index (χ0n) is 14.9. The maximum absolute atomic E-state index is 14.5. The van der Waals surface area contributed by atoms with E-state index < -0.39 is 12.0 Å². The van der Waals surface area contributed by atoms with Crippen LogP contribution in [0.25, 0.3) is 0 Å². The molecule has 138 valence electrons. The predicted molar refractivity (Wildman–Crippen MR) is 97.6 cm³/mol. The number of aryl methyl sites for hydroxylation is 1. The Labute approximate surface area is 147 Å². The van der Waals surface area contributed by atoms with Gasteiger partial charge in [-0.2, -0.15) is 8.78 Å². The molecule has 0 radical (unpaired) electrons. The molecule has 24 heavy (non-hydrogen) atoms. The van der Waals surface area contributed by atoms with E-state index in [2.05, 4.69) is 6.92 Å². The number of alkyl halides is 2. The highest BCUT2D eigenvalue weighted by Crippen LogP contribution is 2.45. The molecule has 0 unspecified atom stereocenters. The third kappa shape index (κ3) is 4.29. The number of rotatable bonds is 4. The fraction of sp³-hybridized carbons (Fsp3) is 0.714. The summed E-state index contributed by atoms with van der Waals surface area (Å²) in [5.74, 6) is 1.91. The smallest absolute Gasteiger partial charge is 0.400 e. The first-order valence-corrected chi connectivity index (χ1v) is 9.57. The Bertz CT molecular complexity index is 519. The molecule has 3 heteroatoms. The molecule has 0 N–H and O–H groups in total. The van der Waals surface area contributed by atoms with Crippen LogP contribution in [-0.4, -0.2) is 6.11 Å². The number of halogens is 2. The van der Waals surface area contributed by atoms with Gasteiger partial charge in [0.2, 0.25) is 0 Å². The molecule has 0 aliphatic heterocycles. The normalized spacial score (nSPS) is 31.7. The van der Waals surface area contributed by atoms with Crippen molar-refractivity contribution < 1.29 is 16.4 Å². The fourth-order valence-electron chi connectivity index (χ4n) is 4.53. The van der Waals surface area contributed by atoms with Crippen LogP contribution in [0.4, 0.5) is 8.78 Å². The molecule has 0 saturated heterocycles. The minimum Gasteiger partial charge on any atom is -0.432 e. The van der Waals surface area contributed by atoms with Crippen LogP contribution < -0.4 is 4.74 Å². The summed E-state index contributed by atoms with van der Waals surface area (Å²) in [5, 5.41) is 0. The minimum atomic E-state index is -3.05. The van der Waals surface area contributed by atoms with Gasteiger partial charge < -0.3 is 4.74 Å². The minimum absolute atomic E-state index is 0. The number of hydrogen-bond donors (Lipinski definition) is 0. The Morgan fingerprint density at radius 3 is 1.92 bits per heavy atom. The van der Waals surface area contributed by atoms with Crippen molar-refractivity contribution in [3.63, 3.8) is 0 Å². The molecular weight excluding hydrogens is 306 g/mol. The van der Waals surface area contributed by atoms with E-state index in [1.54, 1.807) is 12.1 Å². The average Bonchev–Trinajstić information content (AvgIpc) is 2.58. The van der Waals surface area contributed by atoms with Crippen LogP contribution in [0.3, 0.4) is 0 Å². The number of hydrogen-bond acceptors (Lipinski definition) is 1. The second kappa shape index (κ2) is 7.41. The highest BCUT2D eigenvalue weighted by atomic mass is 19.3. The van der Waals surface area contributed by atoms with Gasteiger partial charge in [-0.05, 0) is 75.3 Å². The lowest BCUT2D eigenvalue weighted by molar-refractivity contribution is -0.224. The van der Waals surface area contributed by atoms with Crippen LogP contribution in [0.5, 0.6) is 5.75 Å². The van der Waals surface area contributed by atoms with Crippen LogP contribution in [0, 0.1) is 30.6 Å². The molecule has 0 amide bonds. The Morgan fingerprint density at radius 1 is 0.875 bits per heavy atom. The second-order valence-electron chi connectivity index (χ2n) is 8.11. The lowest BCUT2D eigenvalue weighted by Gasteiger charge is -2.38.